The van der Waals surface area contributed by atoms with Crippen LogP contribution in [0.2, 0.25) is 18.6 Å². The molecule has 2 saturated carbocycles. The number of fused-ring (bicyclic) bond motifs is 3. The lowest BCUT2D eigenvalue weighted by atomic mass is 9.71. The van der Waals surface area contributed by atoms with Gasteiger partial charge < -0.3 is 9.88 Å². The van der Waals surface area contributed by atoms with E-state index in [1.165, 1.54) is 25.0 Å². The summed E-state index contributed by atoms with van der Waals surface area (Å²) in [4.78, 5) is 6.76. The summed E-state index contributed by atoms with van der Waals surface area (Å²) in [6.45, 7) is 17.1. The zero-order chi connectivity index (χ0) is 17.2. The van der Waals surface area contributed by atoms with E-state index in [4.69, 9.17) is 0 Å². The molecule has 1 N–H and O–H groups in total. The minimum absolute atomic E-state index is 0.225. The predicted octanol–water partition coefficient (Wildman–Crippen LogP) is 4.85. The Morgan fingerprint density at radius 3 is 2.48 bits per heavy atom. The average Bonchev–Trinajstić information content (AvgIpc) is 2.84. The van der Waals surface area contributed by atoms with Gasteiger partial charge in [-0.1, -0.05) is 45.4 Å². The van der Waals surface area contributed by atoms with Gasteiger partial charge in [0.25, 0.3) is 0 Å². The molecule has 0 bridgehead atoms. The van der Waals surface area contributed by atoms with Gasteiger partial charge in [-0.2, -0.15) is 0 Å². The maximum absolute atomic E-state index is 4.12. The summed E-state index contributed by atoms with van der Waals surface area (Å²) in [5.74, 6) is 3.57. The van der Waals surface area contributed by atoms with Crippen LogP contribution in [0.4, 0.5) is 0 Å². The normalized spacial score (nSPS) is 40.9. The van der Waals surface area contributed by atoms with E-state index < -0.39 is 8.24 Å². The van der Waals surface area contributed by atoms with E-state index in [1.807, 2.05) is 0 Å². The van der Waals surface area contributed by atoms with Gasteiger partial charge in [-0.3, -0.25) is 0 Å². The smallest absolute Gasteiger partial charge is 0.125 e. The molecule has 2 fully saturated rings. The number of hydrogen-bond donors (Lipinski definition) is 1. The first-order valence-corrected chi connectivity index (χ1v) is 12.8. The van der Waals surface area contributed by atoms with E-state index in [-0.39, 0.29) is 5.54 Å². The van der Waals surface area contributed by atoms with E-state index in [1.54, 1.807) is 0 Å². The third kappa shape index (κ3) is 2.93. The monoisotopic (exact) mass is 334 g/mol. The van der Waals surface area contributed by atoms with Crippen LogP contribution < -0.4 is 4.98 Å². The Bertz CT molecular complexity index is 490. The van der Waals surface area contributed by atoms with Crippen molar-refractivity contribution in [3.63, 3.8) is 0 Å². The third-order valence-corrected chi connectivity index (χ3v) is 10.8. The number of nitrogens with one attached hydrogen (secondary N) is 1. The molecule has 0 amide bonds. The quantitative estimate of drug-likeness (QED) is 0.726. The van der Waals surface area contributed by atoms with Gasteiger partial charge in [0, 0.05) is 30.2 Å². The topological polar surface area (TPSA) is 15.3 Å². The van der Waals surface area contributed by atoms with Gasteiger partial charge >= 0.3 is 0 Å². The second-order valence-corrected chi connectivity index (χ2v) is 14.6. The summed E-state index contributed by atoms with van der Waals surface area (Å²) >= 11 is 0. The molecule has 1 aliphatic heterocycles. The maximum Gasteiger partial charge on any atom is 0.125 e. The Hall–Kier alpha value is -0.283. The van der Waals surface area contributed by atoms with Crippen LogP contribution in [0.1, 0.15) is 53.9 Å². The molecular formula is C20H38N2Si. The largest absolute Gasteiger partial charge is 0.375 e. The Morgan fingerprint density at radius 1 is 1.22 bits per heavy atom. The molecule has 6 atom stereocenters. The van der Waals surface area contributed by atoms with Gasteiger partial charge in [-0.25, -0.2) is 0 Å². The van der Waals surface area contributed by atoms with Crippen molar-refractivity contribution in [1.82, 2.24) is 9.88 Å². The first-order valence-electron chi connectivity index (χ1n) is 9.73. The molecule has 0 radical (unpaired) electrons. The summed E-state index contributed by atoms with van der Waals surface area (Å²) < 4.78 is 0. The van der Waals surface area contributed by atoms with Crippen LogP contribution in [0.5, 0.6) is 0 Å². The molecule has 3 heteroatoms. The molecule has 0 saturated heterocycles. The van der Waals surface area contributed by atoms with Crippen molar-refractivity contribution in [2.75, 3.05) is 7.05 Å². The van der Waals surface area contributed by atoms with Gasteiger partial charge in [-0.05, 0) is 51.0 Å². The van der Waals surface area contributed by atoms with Crippen molar-refractivity contribution < 1.29 is 0 Å². The van der Waals surface area contributed by atoms with Crippen molar-refractivity contribution in [2.45, 2.75) is 84.1 Å². The lowest BCUT2D eigenvalue weighted by Crippen LogP contribution is -2.60. The van der Waals surface area contributed by atoms with E-state index in [9.17, 15) is 0 Å². The second kappa shape index (κ2) is 5.62. The van der Waals surface area contributed by atoms with E-state index in [2.05, 4.69) is 70.7 Å². The molecule has 3 aliphatic rings. The summed E-state index contributed by atoms with van der Waals surface area (Å²) in [7, 11) is 0.828. The molecule has 3 rings (SSSR count). The maximum atomic E-state index is 4.12. The highest BCUT2D eigenvalue weighted by atomic mass is 28.3. The second-order valence-electron chi connectivity index (χ2n) is 10.3. The Balaban J connectivity index is 1.98. The fraction of sp³-hybridized carbons (Fsp3) is 0.900. The summed E-state index contributed by atoms with van der Waals surface area (Å²) in [5.41, 5.74) is 2.61. The molecule has 0 aromatic rings. The molecule has 6 unspecified atom stereocenters. The van der Waals surface area contributed by atoms with E-state index in [0.29, 0.717) is 0 Å². The van der Waals surface area contributed by atoms with Crippen LogP contribution in [0.3, 0.4) is 0 Å². The Morgan fingerprint density at radius 2 is 1.87 bits per heavy atom. The molecule has 0 aromatic heterocycles. The van der Waals surface area contributed by atoms with Crippen LogP contribution in [0.25, 0.3) is 0 Å². The van der Waals surface area contributed by atoms with Crippen LogP contribution in [-0.2, 0) is 0 Å². The first kappa shape index (κ1) is 17.5. The minimum Gasteiger partial charge on any atom is -0.375 e. The van der Waals surface area contributed by atoms with Crippen molar-refractivity contribution in [2.24, 2.45) is 23.7 Å². The highest BCUT2D eigenvalue weighted by molar-refractivity contribution is 6.76. The number of nitrogens with zero attached hydrogens (tertiary/aromatic N) is 1. The SMILES string of the molecule is CC1=CC2C3C(C)CCCC3C([Si](C)(C)NC(C)(C)C)C2N1C. The summed E-state index contributed by atoms with van der Waals surface area (Å²) in [5, 5.41) is 0. The van der Waals surface area contributed by atoms with Gasteiger partial charge in [0.1, 0.15) is 8.24 Å². The molecule has 1 heterocycles. The fourth-order valence-electron chi connectivity index (χ4n) is 6.64. The lowest BCUT2D eigenvalue weighted by Gasteiger charge is -2.46. The van der Waals surface area contributed by atoms with Gasteiger partial charge in [-0.15, -0.1) is 0 Å². The fourth-order valence-corrected chi connectivity index (χ4v) is 11.5. The highest BCUT2D eigenvalue weighted by Crippen LogP contribution is 2.61. The number of hydrogen-bond acceptors (Lipinski definition) is 2. The first-order chi connectivity index (χ1) is 10.5. The third-order valence-electron chi connectivity index (χ3n) is 6.98. The van der Waals surface area contributed by atoms with Crippen molar-refractivity contribution in [3.8, 4) is 0 Å². The molecule has 23 heavy (non-hydrogen) atoms. The van der Waals surface area contributed by atoms with Gasteiger partial charge in [0.2, 0.25) is 0 Å². The van der Waals surface area contributed by atoms with E-state index >= 15 is 0 Å². The molecule has 0 spiro atoms. The Kier molecular flexibility index (Phi) is 4.29. The van der Waals surface area contributed by atoms with Crippen molar-refractivity contribution in [3.05, 3.63) is 11.8 Å². The van der Waals surface area contributed by atoms with Crippen LogP contribution >= 0.6 is 0 Å². The van der Waals surface area contributed by atoms with E-state index in [0.717, 1.165) is 35.3 Å². The average molecular weight is 335 g/mol. The molecular weight excluding hydrogens is 296 g/mol. The zero-order valence-electron chi connectivity index (χ0n) is 16.6. The molecule has 0 aromatic carbocycles. The highest BCUT2D eigenvalue weighted by Gasteiger charge is 2.60. The van der Waals surface area contributed by atoms with Crippen molar-refractivity contribution >= 4 is 8.24 Å². The number of allylic oxidation sites excluding steroid dienone is 1. The van der Waals surface area contributed by atoms with Crippen LogP contribution in [0.15, 0.2) is 11.8 Å². The van der Waals surface area contributed by atoms with Gasteiger partial charge in [0.15, 0.2) is 0 Å². The lowest BCUT2D eigenvalue weighted by molar-refractivity contribution is 0.169. The van der Waals surface area contributed by atoms with Gasteiger partial charge in [0.05, 0.1) is 0 Å². The molecule has 2 nitrogen and oxygen atoms in total. The molecule has 2 aliphatic carbocycles. The molecule has 132 valence electrons. The zero-order valence-corrected chi connectivity index (χ0v) is 17.6. The predicted molar refractivity (Wildman–Crippen MR) is 103 cm³/mol. The van der Waals surface area contributed by atoms with Crippen LogP contribution in [-0.4, -0.2) is 31.8 Å². The number of rotatable bonds is 2. The standard InChI is InChI=1S/C20H38N2Si/c1-13-10-9-11-15-17(13)16-12-14(2)22(6)18(16)19(15)23(7,8)21-20(3,4)5/h12-13,15-19,21H,9-11H2,1-8H3. The van der Waals surface area contributed by atoms with Crippen LogP contribution in [0, 0.1) is 23.7 Å². The summed E-state index contributed by atoms with van der Waals surface area (Å²) in [6.07, 6.45) is 6.99. The summed E-state index contributed by atoms with van der Waals surface area (Å²) in [6, 6.07) is 0.752. The Labute approximate surface area is 145 Å². The van der Waals surface area contributed by atoms with Crippen molar-refractivity contribution in [1.29, 1.82) is 0 Å². The minimum atomic E-state index is -1.53.